The van der Waals surface area contributed by atoms with Gasteiger partial charge in [-0.25, -0.2) is 9.07 Å². The maximum absolute atomic E-state index is 14.0. The van der Waals surface area contributed by atoms with Crippen LogP contribution in [0.2, 0.25) is 0 Å². The van der Waals surface area contributed by atoms with Crippen LogP contribution in [0.4, 0.5) is 10.1 Å². The molecule has 1 aliphatic rings. The molecule has 1 aromatic carbocycles. The van der Waals surface area contributed by atoms with Crippen LogP contribution in [0.5, 0.6) is 0 Å². The summed E-state index contributed by atoms with van der Waals surface area (Å²) in [6.07, 6.45) is 3.00. The highest BCUT2D eigenvalue weighted by Gasteiger charge is 2.32. The van der Waals surface area contributed by atoms with E-state index < -0.39 is 5.82 Å². The van der Waals surface area contributed by atoms with Crippen molar-refractivity contribution < 1.29 is 9.13 Å². The Hall–Kier alpha value is -2.02. The Balaban J connectivity index is 2.01. The Labute approximate surface area is 115 Å². The molecule has 6 nitrogen and oxygen atoms in total. The third kappa shape index (κ3) is 2.14. The number of nitrogens with zero attached hydrogens (tertiary/aromatic N) is 4. The van der Waals surface area contributed by atoms with Gasteiger partial charge < -0.3 is 10.5 Å². The Kier molecular flexibility index (Phi) is 3.35. The number of hydrogen-bond acceptors (Lipinski definition) is 5. The first-order valence-electron chi connectivity index (χ1n) is 6.56. The van der Waals surface area contributed by atoms with Crippen molar-refractivity contribution >= 4 is 5.69 Å². The lowest BCUT2D eigenvalue weighted by atomic mass is 10.1. The Morgan fingerprint density at radius 3 is 3.00 bits per heavy atom. The van der Waals surface area contributed by atoms with Gasteiger partial charge in [0, 0.05) is 12.8 Å². The highest BCUT2D eigenvalue weighted by Crippen LogP contribution is 2.34. The smallest absolute Gasteiger partial charge is 0.185 e. The van der Waals surface area contributed by atoms with Crippen molar-refractivity contribution in [1.82, 2.24) is 20.2 Å². The molecule has 1 heterocycles. The molecular weight excluding hydrogens is 261 g/mol. The number of benzene rings is 1. The van der Waals surface area contributed by atoms with Gasteiger partial charge in [-0.1, -0.05) is 0 Å². The molecule has 3 rings (SSSR count). The van der Waals surface area contributed by atoms with Crippen LogP contribution in [0.25, 0.3) is 11.4 Å². The number of hydrogen-bond donors (Lipinski definition) is 1. The minimum Gasteiger partial charge on any atom is -0.399 e. The summed E-state index contributed by atoms with van der Waals surface area (Å²) >= 11 is 0. The normalized spacial score (nSPS) is 22.3. The molecule has 2 N–H and O–H groups in total. The molecule has 0 saturated heterocycles. The molecule has 20 heavy (non-hydrogen) atoms. The molecule has 0 aliphatic heterocycles. The third-order valence-corrected chi connectivity index (χ3v) is 3.76. The van der Waals surface area contributed by atoms with E-state index in [1.54, 1.807) is 23.9 Å². The number of tetrazole rings is 1. The summed E-state index contributed by atoms with van der Waals surface area (Å²) in [7, 11) is 1.68. The first-order chi connectivity index (χ1) is 9.70. The van der Waals surface area contributed by atoms with E-state index in [1.807, 2.05) is 0 Å². The Morgan fingerprint density at radius 1 is 1.40 bits per heavy atom. The van der Waals surface area contributed by atoms with E-state index >= 15 is 0 Å². The summed E-state index contributed by atoms with van der Waals surface area (Å²) in [6.45, 7) is 0. The van der Waals surface area contributed by atoms with Gasteiger partial charge >= 0.3 is 0 Å². The molecule has 1 aliphatic carbocycles. The highest BCUT2D eigenvalue weighted by atomic mass is 19.1. The molecule has 106 valence electrons. The van der Waals surface area contributed by atoms with E-state index in [4.69, 9.17) is 10.5 Å². The molecule has 2 unspecified atom stereocenters. The molecule has 0 spiro atoms. The number of methoxy groups -OCH3 is 1. The van der Waals surface area contributed by atoms with Gasteiger partial charge in [0.15, 0.2) is 5.82 Å². The molecule has 2 aromatic rings. The van der Waals surface area contributed by atoms with E-state index in [-0.39, 0.29) is 12.1 Å². The first kappa shape index (κ1) is 13.0. The largest absolute Gasteiger partial charge is 0.399 e. The number of halogens is 1. The quantitative estimate of drug-likeness (QED) is 0.865. The molecular formula is C13H16FN5O. The fraction of sp³-hybridized carbons (Fsp3) is 0.462. The number of aromatic nitrogens is 4. The topological polar surface area (TPSA) is 78.8 Å². The van der Waals surface area contributed by atoms with Crippen molar-refractivity contribution in [2.75, 3.05) is 12.8 Å². The van der Waals surface area contributed by atoms with Gasteiger partial charge in [-0.05, 0) is 47.9 Å². The van der Waals surface area contributed by atoms with Crippen molar-refractivity contribution in [2.45, 2.75) is 31.4 Å². The summed E-state index contributed by atoms with van der Waals surface area (Å²) in [5.41, 5.74) is 6.29. The number of nitrogen functional groups attached to an aromatic ring is 1. The fourth-order valence-corrected chi connectivity index (χ4v) is 2.77. The number of ether oxygens (including phenoxy) is 1. The third-order valence-electron chi connectivity index (χ3n) is 3.76. The van der Waals surface area contributed by atoms with Crippen LogP contribution in [0.15, 0.2) is 18.2 Å². The lowest BCUT2D eigenvalue weighted by Crippen LogP contribution is -2.22. The van der Waals surface area contributed by atoms with E-state index in [2.05, 4.69) is 15.5 Å². The monoisotopic (exact) mass is 277 g/mol. The van der Waals surface area contributed by atoms with Gasteiger partial charge in [-0.2, -0.15) is 0 Å². The average Bonchev–Trinajstić information content (AvgIpc) is 3.06. The van der Waals surface area contributed by atoms with Crippen LogP contribution in [-0.2, 0) is 4.74 Å². The van der Waals surface area contributed by atoms with Gasteiger partial charge in [0.1, 0.15) is 5.82 Å². The van der Waals surface area contributed by atoms with Crippen molar-refractivity contribution in [3.8, 4) is 11.4 Å². The van der Waals surface area contributed by atoms with Crippen LogP contribution < -0.4 is 5.73 Å². The number of nitrogens with two attached hydrogens (primary N) is 1. The van der Waals surface area contributed by atoms with E-state index in [9.17, 15) is 4.39 Å². The molecule has 0 radical (unpaired) electrons. The Morgan fingerprint density at radius 2 is 2.25 bits per heavy atom. The van der Waals surface area contributed by atoms with Crippen LogP contribution in [0.1, 0.15) is 25.3 Å². The average molecular weight is 277 g/mol. The van der Waals surface area contributed by atoms with Gasteiger partial charge in [0.2, 0.25) is 0 Å². The molecule has 2 atom stereocenters. The fourth-order valence-electron chi connectivity index (χ4n) is 2.77. The number of anilines is 1. The lowest BCUT2D eigenvalue weighted by Gasteiger charge is -2.19. The standard InChI is InChI=1S/C13H16FN5O/c1-20-12-4-2-3-11(12)19-13(16-17-18-19)9-6-5-8(15)7-10(9)14/h5-7,11-12H,2-4,15H2,1H3. The summed E-state index contributed by atoms with van der Waals surface area (Å²) in [5, 5.41) is 11.7. The minimum atomic E-state index is -0.423. The molecule has 1 saturated carbocycles. The zero-order chi connectivity index (χ0) is 14.1. The summed E-state index contributed by atoms with van der Waals surface area (Å²) in [6, 6.07) is 4.56. The minimum absolute atomic E-state index is 0.0435. The molecule has 1 aromatic heterocycles. The maximum atomic E-state index is 14.0. The predicted octanol–water partition coefficient (Wildman–Crippen LogP) is 1.80. The molecule has 7 heteroatoms. The molecule has 0 amide bonds. The molecule has 1 fully saturated rings. The van der Waals surface area contributed by atoms with Crippen molar-refractivity contribution in [2.24, 2.45) is 0 Å². The van der Waals surface area contributed by atoms with Gasteiger partial charge in [-0.15, -0.1) is 5.10 Å². The first-order valence-corrected chi connectivity index (χ1v) is 6.56. The zero-order valence-corrected chi connectivity index (χ0v) is 11.2. The van der Waals surface area contributed by atoms with Gasteiger partial charge in [0.05, 0.1) is 17.7 Å². The summed E-state index contributed by atoms with van der Waals surface area (Å²) < 4.78 is 21.2. The van der Waals surface area contributed by atoms with Crippen molar-refractivity contribution in [3.63, 3.8) is 0 Å². The lowest BCUT2D eigenvalue weighted by molar-refractivity contribution is 0.0707. The SMILES string of the molecule is COC1CCCC1n1nnnc1-c1ccc(N)cc1F. The second-order valence-corrected chi connectivity index (χ2v) is 4.96. The van der Waals surface area contributed by atoms with E-state index in [0.717, 1.165) is 19.3 Å². The van der Waals surface area contributed by atoms with Crippen molar-refractivity contribution in [1.29, 1.82) is 0 Å². The van der Waals surface area contributed by atoms with Crippen LogP contribution >= 0.6 is 0 Å². The van der Waals surface area contributed by atoms with E-state index in [1.165, 1.54) is 6.07 Å². The predicted molar refractivity (Wildman–Crippen MR) is 71.3 cm³/mol. The van der Waals surface area contributed by atoms with E-state index in [0.29, 0.717) is 17.1 Å². The summed E-state index contributed by atoms with van der Waals surface area (Å²) in [5.74, 6) is -0.00976. The second-order valence-electron chi connectivity index (χ2n) is 4.96. The maximum Gasteiger partial charge on any atom is 0.185 e. The zero-order valence-electron chi connectivity index (χ0n) is 11.2. The summed E-state index contributed by atoms with van der Waals surface area (Å²) in [4.78, 5) is 0. The molecule has 0 bridgehead atoms. The number of rotatable bonds is 3. The Bertz CT molecular complexity index is 615. The second kappa shape index (κ2) is 5.16. The van der Waals surface area contributed by atoms with Gasteiger partial charge in [-0.3, -0.25) is 0 Å². The van der Waals surface area contributed by atoms with Crippen molar-refractivity contribution in [3.05, 3.63) is 24.0 Å². The highest BCUT2D eigenvalue weighted by molar-refractivity contribution is 5.59. The van der Waals surface area contributed by atoms with Gasteiger partial charge in [0.25, 0.3) is 0 Å². The van der Waals surface area contributed by atoms with Crippen LogP contribution in [-0.4, -0.2) is 33.4 Å². The van der Waals surface area contributed by atoms with Crippen LogP contribution in [0.3, 0.4) is 0 Å². The van der Waals surface area contributed by atoms with Crippen LogP contribution in [0, 0.1) is 5.82 Å².